The van der Waals surface area contributed by atoms with Gasteiger partial charge < -0.3 is 15.0 Å². The molecule has 4 nitrogen and oxygen atoms in total. The second-order valence-corrected chi connectivity index (χ2v) is 7.05. The number of para-hydroxylation sites is 1. The number of hydrogen-bond donors (Lipinski definition) is 1. The van der Waals surface area contributed by atoms with Crippen LogP contribution in [0.25, 0.3) is 0 Å². The Balaban J connectivity index is 1.54. The van der Waals surface area contributed by atoms with E-state index in [0.29, 0.717) is 6.54 Å². The number of likely N-dealkylation sites (tertiary alicyclic amines) is 1. The van der Waals surface area contributed by atoms with Crippen LogP contribution in [0.2, 0.25) is 0 Å². The Morgan fingerprint density at radius 1 is 1.16 bits per heavy atom. The first-order valence-electron chi connectivity index (χ1n) is 8.77. The number of fused-ring (bicyclic) bond motifs is 1. The molecule has 0 saturated carbocycles. The van der Waals surface area contributed by atoms with Gasteiger partial charge in [-0.05, 0) is 30.5 Å². The topological polar surface area (TPSA) is 41.6 Å². The van der Waals surface area contributed by atoms with Gasteiger partial charge >= 0.3 is 0 Å². The Morgan fingerprint density at radius 2 is 1.92 bits per heavy atom. The third-order valence-electron chi connectivity index (χ3n) is 5.73. The molecule has 0 unspecified atom stereocenters. The summed E-state index contributed by atoms with van der Waals surface area (Å²) in [6, 6.07) is 18.4. The van der Waals surface area contributed by atoms with Crippen molar-refractivity contribution in [2.45, 2.75) is 31.5 Å². The number of nitrogens with zero attached hydrogens (tertiary/aromatic N) is 1. The van der Waals surface area contributed by atoms with E-state index in [1.54, 1.807) is 0 Å². The third kappa shape index (κ3) is 1.91. The van der Waals surface area contributed by atoms with Crippen LogP contribution in [0, 0.1) is 0 Å². The number of amides is 1. The number of carbonyl (C=O) groups excluding carboxylic acids is 1. The number of allylic oxidation sites excluding steroid dienone is 1. The maximum Gasteiger partial charge on any atom is 0.254 e. The Bertz CT molecular complexity index is 890. The zero-order chi connectivity index (χ0) is 17.0. The predicted molar refractivity (Wildman–Crippen MR) is 95.8 cm³/mol. The van der Waals surface area contributed by atoms with E-state index in [1.807, 2.05) is 42.2 Å². The summed E-state index contributed by atoms with van der Waals surface area (Å²) in [4.78, 5) is 15.3. The van der Waals surface area contributed by atoms with Crippen molar-refractivity contribution in [3.63, 3.8) is 0 Å². The molecule has 3 heterocycles. The molecule has 1 saturated heterocycles. The lowest BCUT2D eigenvalue weighted by atomic mass is 9.70. The van der Waals surface area contributed by atoms with Crippen LogP contribution in [-0.2, 0) is 21.5 Å². The van der Waals surface area contributed by atoms with Crippen molar-refractivity contribution in [2.75, 3.05) is 11.9 Å². The summed E-state index contributed by atoms with van der Waals surface area (Å²) in [6.45, 7) is 3.30. The highest BCUT2D eigenvalue weighted by Crippen LogP contribution is 2.56. The lowest BCUT2D eigenvalue weighted by molar-refractivity contribution is -0.130. The zero-order valence-corrected chi connectivity index (χ0v) is 14.2. The molecule has 25 heavy (non-hydrogen) atoms. The molecular formula is C21H20N2O2. The van der Waals surface area contributed by atoms with Crippen molar-refractivity contribution in [3.8, 4) is 0 Å². The van der Waals surface area contributed by atoms with Crippen LogP contribution in [-0.4, -0.2) is 23.6 Å². The van der Waals surface area contributed by atoms with E-state index in [-0.39, 0.29) is 17.6 Å². The Hall–Kier alpha value is -2.75. The molecule has 1 fully saturated rings. The van der Waals surface area contributed by atoms with Gasteiger partial charge in [0.2, 0.25) is 0 Å². The molecule has 2 atom stereocenters. The zero-order valence-electron chi connectivity index (χ0n) is 14.2. The van der Waals surface area contributed by atoms with Crippen LogP contribution in [0.4, 0.5) is 5.69 Å². The average Bonchev–Trinajstić information content (AvgIpc) is 3.08. The number of piperidine rings is 1. The van der Waals surface area contributed by atoms with Gasteiger partial charge in [-0.3, -0.25) is 4.79 Å². The van der Waals surface area contributed by atoms with Crippen molar-refractivity contribution >= 4 is 11.6 Å². The fourth-order valence-corrected chi connectivity index (χ4v) is 4.61. The van der Waals surface area contributed by atoms with Crippen molar-refractivity contribution < 1.29 is 9.53 Å². The number of rotatable bonds is 2. The Labute approximate surface area is 147 Å². The number of benzene rings is 2. The van der Waals surface area contributed by atoms with Gasteiger partial charge in [-0.1, -0.05) is 48.5 Å². The molecule has 0 aromatic heterocycles. The maximum atomic E-state index is 13.3. The molecule has 3 aliphatic rings. The molecule has 3 aliphatic heterocycles. The molecule has 5 rings (SSSR count). The quantitative estimate of drug-likeness (QED) is 0.916. The summed E-state index contributed by atoms with van der Waals surface area (Å²) in [7, 11) is 0. The minimum absolute atomic E-state index is 0.105. The van der Waals surface area contributed by atoms with Crippen molar-refractivity contribution in [3.05, 3.63) is 77.1 Å². The first-order chi connectivity index (χ1) is 12.2. The minimum Gasteiger partial charge on any atom is -0.474 e. The van der Waals surface area contributed by atoms with E-state index in [9.17, 15) is 4.79 Å². The van der Waals surface area contributed by atoms with Crippen LogP contribution in [0.3, 0.4) is 0 Å². The molecule has 1 amide bonds. The second kappa shape index (κ2) is 5.12. The highest BCUT2D eigenvalue weighted by atomic mass is 16.5. The fraction of sp³-hybridized carbons (Fsp3) is 0.286. The molecule has 0 aliphatic carbocycles. The standard InChI is InChI=1S/C21H20N2O2/c1-14-18-19(24)23(13-15-7-3-2-4-8-15)12-11-21(18)16-9-5-6-10-17(16)22-20(21)25-14/h2-10,20,22H,11-13H2,1H3/t20-,21+/m0/s1. The first kappa shape index (κ1) is 14.6. The van der Waals surface area contributed by atoms with E-state index in [4.69, 9.17) is 4.74 Å². The summed E-state index contributed by atoms with van der Waals surface area (Å²) in [5.74, 6) is 0.864. The molecule has 0 radical (unpaired) electrons. The van der Waals surface area contributed by atoms with E-state index in [1.165, 1.54) is 5.56 Å². The largest absolute Gasteiger partial charge is 0.474 e. The van der Waals surface area contributed by atoms with Crippen molar-refractivity contribution in [2.24, 2.45) is 0 Å². The van der Waals surface area contributed by atoms with Gasteiger partial charge in [-0.25, -0.2) is 0 Å². The van der Waals surface area contributed by atoms with Gasteiger partial charge in [0.05, 0.1) is 11.0 Å². The average molecular weight is 332 g/mol. The third-order valence-corrected chi connectivity index (χ3v) is 5.73. The summed E-state index contributed by atoms with van der Waals surface area (Å²) < 4.78 is 6.10. The van der Waals surface area contributed by atoms with Gasteiger partial charge in [-0.2, -0.15) is 0 Å². The minimum atomic E-state index is -0.342. The van der Waals surface area contributed by atoms with Gasteiger partial charge in [0.25, 0.3) is 5.91 Å². The molecule has 1 N–H and O–H groups in total. The number of anilines is 1. The lowest BCUT2D eigenvalue weighted by Gasteiger charge is -2.39. The SMILES string of the molecule is CC1=C2C(=O)N(Cc3ccccc3)CC[C@@]23c2ccccc2N[C@H]3O1. The lowest BCUT2D eigenvalue weighted by Crippen LogP contribution is -2.50. The number of nitrogens with one attached hydrogen (secondary N) is 1. The van der Waals surface area contributed by atoms with Crippen molar-refractivity contribution in [1.29, 1.82) is 0 Å². The Kier molecular flexibility index (Phi) is 2.99. The highest BCUT2D eigenvalue weighted by Gasteiger charge is 2.60. The smallest absolute Gasteiger partial charge is 0.254 e. The first-order valence-corrected chi connectivity index (χ1v) is 8.77. The van der Waals surface area contributed by atoms with Gasteiger partial charge in [0.1, 0.15) is 5.76 Å². The van der Waals surface area contributed by atoms with Crippen LogP contribution in [0.15, 0.2) is 65.9 Å². The monoisotopic (exact) mass is 332 g/mol. The molecule has 1 spiro atoms. The second-order valence-electron chi connectivity index (χ2n) is 7.05. The number of hydrogen-bond acceptors (Lipinski definition) is 3. The van der Waals surface area contributed by atoms with Gasteiger partial charge in [0.15, 0.2) is 6.23 Å². The molecule has 4 heteroatoms. The molecule has 126 valence electrons. The highest BCUT2D eigenvalue weighted by molar-refractivity contribution is 5.99. The number of carbonyl (C=O) groups is 1. The van der Waals surface area contributed by atoms with E-state index in [2.05, 4.69) is 29.6 Å². The van der Waals surface area contributed by atoms with Crippen molar-refractivity contribution in [1.82, 2.24) is 4.90 Å². The number of ether oxygens (including phenoxy) is 1. The van der Waals surface area contributed by atoms with Crippen LogP contribution in [0.1, 0.15) is 24.5 Å². The van der Waals surface area contributed by atoms with Gasteiger partial charge in [-0.15, -0.1) is 0 Å². The summed E-state index contributed by atoms with van der Waals surface area (Å²) in [5.41, 5.74) is 3.93. The fourth-order valence-electron chi connectivity index (χ4n) is 4.61. The van der Waals surface area contributed by atoms with Gasteiger partial charge in [0, 0.05) is 18.8 Å². The molecular weight excluding hydrogens is 312 g/mol. The van der Waals surface area contributed by atoms with Crippen LogP contribution in [0.5, 0.6) is 0 Å². The van der Waals surface area contributed by atoms with E-state index >= 15 is 0 Å². The summed E-state index contributed by atoms with van der Waals surface area (Å²) in [5, 5.41) is 3.47. The predicted octanol–water partition coefficient (Wildman–Crippen LogP) is 3.41. The maximum absolute atomic E-state index is 13.3. The molecule has 0 bridgehead atoms. The van der Waals surface area contributed by atoms with E-state index in [0.717, 1.165) is 35.5 Å². The molecule has 2 aromatic carbocycles. The summed E-state index contributed by atoms with van der Waals surface area (Å²) >= 11 is 0. The molecule has 2 aromatic rings. The van der Waals surface area contributed by atoms with Crippen LogP contribution >= 0.6 is 0 Å². The van der Waals surface area contributed by atoms with E-state index < -0.39 is 0 Å². The normalized spacial score (nSPS) is 26.7. The summed E-state index contributed by atoms with van der Waals surface area (Å²) in [6.07, 6.45) is 0.718. The Morgan fingerprint density at radius 3 is 2.76 bits per heavy atom. The van der Waals surface area contributed by atoms with Crippen LogP contribution < -0.4 is 5.32 Å².